The fraction of sp³-hybridized carbons (Fsp3) is 0.938. The lowest BCUT2D eigenvalue weighted by molar-refractivity contribution is -0.133. The van der Waals surface area contributed by atoms with Gasteiger partial charge in [-0.25, -0.2) is 0 Å². The summed E-state index contributed by atoms with van der Waals surface area (Å²) in [6.45, 7) is 12.1. The predicted octanol–water partition coefficient (Wildman–Crippen LogP) is 2.05. The van der Waals surface area contributed by atoms with Gasteiger partial charge in [0.2, 0.25) is 5.91 Å². The van der Waals surface area contributed by atoms with Crippen molar-refractivity contribution >= 4 is 5.91 Å². The number of hydrogen-bond donors (Lipinski definition) is 1. The number of nitrogens with one attached hydrogen (secondary N) is 1. The SMILES string of the molecule is CCC1NC(CC(C)C)C(=O)N1C1CCCN(CC)C1. The highest BCUT2D eigenvalue weighted by Gasteiger charge is 2.42. The van der Waals surface area contributed by atoms with Crippen LogP contribution in [0, 0.1) is 5.92 Å². The van der Waals surface area contributed by atoms with Gasteiger partial charge in [0.1, 0.15) is 0 Å². The molecule has 0 radical (unpaired) electrons. The van der Waals surface area contributed by atoms with Gasteiger partial charge in [-0.05, 0) is 44.7 Å². The minimum Gasteiger partial charge on any atom is -0.322 e. The molecule has 2 heterocycles. The quantitative estimate of drug-likeness (QED) is 0.838. The molecule has 0 spiro atoms. The molecule has 4 nitrogen and oxygen atoms in total. The van der Waals surface area contributed by atoms with E-state index < -0.39 is 0 Å². The number of hydrogen-bond acceptors (Lipinski definition) is 3. The van der Waals surface area contributed by atoms with E-state index in [1.165, 1.54) is 13.0 Å². The van der Waals surface area contributed by atoms with Crippen LogP contribution in [-0.4, -0.2) is 53.6 Å². The zero-order valence-electron chi connectivity index (χ0n) is 13.6. The third-order valence-electron chi connectivity index (χ3n) is 4.70. The normalized spacial score (nSPS) is 32.4. The summed E-state index contributed by atoms with van der Waals surface area (Å²) in [5.41, 5.74) is 0. The van der Waals surface area contributed by atoms with Crippen LogP contribution in [0.4, 0.5) is 0 Å². The van der Waals surface area contributed by atoms with Crippen LogP contribution in [0.2, 0.25) is 0 Å². The molecular weight excluding hydrogens is 250 g/mol. The molecule has 2 aliphatic heterocycles. The molecule has 0 aromatic rings. The van der Waals surface area contributed by atoms with Gasteiger partial charge < -0.3 is 9.80 Å². The van der Waals surface area contributed by atoms with Crippen molar-refractivity contribution in [2.24, 2.45) is 5.92 Å². The molecule has 2 saturated heterocycles. The number of piperidine rings is 1. The molecule has 1 N–H and O–H groups in total. The first-order chi connectivity index (χ1) is 9.56. The molecule has 116 valence electrons. The maximum absolute atomic E-state index is 12.7. The summed E-state index contributed by atoms with van der Waals surface area (Å²) in [5.74, 6) is 0.904. The van der Waals surface area contributed by atoms with E-state index in [2.05, 4.69) is 42.8 Å². The van der Waals surface area contributed by atoms with Crippen LogP contribution in [0.15, 0.2) is 0 Å². The van der Waals surface area contributed by atoms with Gasteiger partial charge in [0.25, 0.3) is 0 Å². The Morgan fingerprint density at radius 2 is 2.10 bits per heavy atom. The number of amides is 1. The third-order valence-corrected chi connectivity index (χ3v) is 4.70. The molecule has 3 unspecified atom stereocenters. The van der Waals surface area contributed by atoms with E-state index in [-0.39, 0.29) is 12.2 Å². The highest BCUT2D eigenvalue weighted by atomic mass is 16.2. The maximum atomic E-state index is 12.7. The number of carbonyl (C=O) groups is 1. The summed E-state index contributed by atoms with van der Waals surface area (Å²) >= 11 is 0. The minimum absolute atomic E-state index is 0.0388. The Labute approximate surface area is 123 Å². The standard InChI is InChI=1S/C16H31N3O/c1-5-15-17-14(10-12(3)4)16(20)19(15)13-8-7-9-18(6-2)11-13/h12-15,17H,5-11H2,1-4H3. The van der Waals surface area contributed by atoms with Gasteiger partial charge in [-0.2, -0.15) is 0 Å². The second kappa shape index (κ2) is 6.90. The Bertz CT molecular complexity index is 332. The van der Waals surface area contributed by atoms with Crippen molar-refractivity contribution in [3.63, 3.8) is 0 Å². The summed E-state index contributed by atoms with van der Waals surface area (Å²) in [7, 11) is 0. The molecule has 3 atom stereocenters. The predicted molar refractivity (Wildman–Crippen MR) is 82.4 cm³/mol. The Morgan fingerprint density at radius 3 is 2.70 bits per heavy atom. The Balaban J connectivity index is 2.06. The largest absolute Gasteiger partial charge is 0.322 e. The summed E-state index contributed by atoms with van der Waals surface area (Å²) < 4.78 is 0. The lowest BCUT2D eigenvalue weighted by Gasteiger charge is -2.39. The smallest absolute Gasteiger partial charge is 0.241 e. The molecule has 0 aromatic carbocycles. The van der Waals surface area contributed by atoms with Crippen LogP contribution in [0.25, 0.3) is 0 Å². The molecule has 0 bridgehead atoms. The summed E-state index contributed by atoms with van der Waals surface area (Å²) in [5, 5.41) is 3.56. The van der Waals surface area contributed by atoms with Gasteiger partial charge in [-0.3, -0.25) is 10.1 Å². The summed E-state index contributed by atoms with van der Waals surface area (Å²) in [6.07, 6.45) is 4.58. The second-order valence-corrected chi connectivity index (χ2v) is 6.71. The molecule has 2 fully saturated rings. The van der Waals surface area contributed by atoms with E-state index >= 15 is 0 Å². The number of likely N-dealkylation sites (tertiary alicyclic amines) is 1. The van der Waals surface area contributed by atoms with E-state index in [1.54, 1.807) is 0 Å². The first-order valence-corrected chi connectivity index (χ1v) is 8.37. The van der Waals surface area contributed by atoms with E-state index in [0.29, 0.717) is 17.9 Å². The zero-order valence-corrected chi connectivity index (χ0v) is 13.6. The Kier molecular flexibility index (Phi) is 5.44. The molecule has 4 heteroatoms. The van der Waals surface area contributed by atoms with Crippen molar-refractivity contribution in [2.75, 3.05) is 19.6 Å². The fourth-order valence-corrected chi connectivity index (χ4v) is 3.65. The van der Waals surface area contributed by atoms with Crippen molar-refractivity contribution in [1.82, 2.24) is 15.1 Å². The van der Waals surface area contributed by atoms with Gasteiger partial charge in [0, 0.05) is 12.6 Å². The van der Waals surface area contributed by atoms with Crippen LogP contribution in [-0.2, 0) is 4.79 Å². The van der Waals surface area contributed by atoms with Crippen molar-refractivity contribution in [1.29, 1.82) is 0 Å². The van der Waals surface area contributed by atoms with Crippen LogP contribution in [0.5, 0.6) is 0 Å². The third kappa shape index (κ3) is 3.34. The maximum Gasteiger partial charge on any atom is 0.241 e. The highest BCUT2D eigenvalue weighted by molar-refractivity contribution is 5.84. The summed E-state index contributed by atoms with van der Waals surface area (Å²) in [4.78, 5) is 17.4. The Hall–Kier alpha value is -0.610. The average molecular weight is 281 g/mol. The van der Waals surface area contributed by atoms with E-state index in [4.69, 9.17) is 0 Å². The van der Waals surface area contributed by atoms with Crippen molar-refractivity contribution in [3.8, 4) is 0 Å². The first kappa shape index (κ1) is 15.8. The van der Waals surface area contributed by atoms with Crippen LogP contribution < -0.4 is 5.32 Å². The van der Waals surface area contributed by atoms with Crippen molar-refractivity contribution in [3.05, 3.63) is 0 Å². The van der Waals surface area contributed by atoms with Crippen molar-refractivity contribution < 1.29 is 4.79 Å². The number of likely N-dealkylation sites (N-methyl/N-ethyl adjacent to an activating group) is 1. The summed E-state index contributed by atoms with van der Waals surface area (Å²) in [6, 6.07) is 0.447. The number of carbonyl (C=O) groups excluding carboxylic acids is 1. The number of rotatable bonds is 5. The van der Waals surface area contributed by atoms with E-state index in [1.807, 2.05) is 0 Å². The highest BCUT2D eigenvalue weighted by Crippen LogP contribution is 2.25. The van der Waals surface area contributed by atoms with Gasteiger partial charge in [0.05, 0.1) is 12.2 Å². The van der Waals surface area contributed by atoms with E-state index in [9.17, 15) is 4.79 Å². The van der Waals surface area contributed by atoms with Gasteiger partial charge in [-0.15, -0.1) is 0 Å². The van der Waals surface area contributed by atoms with Crippen molar-refractivity contribution in [2.45, 2.75) is 71.6 Å². The fourth-order valence-electron chi connectivity index (χ4n) is 3.65. The molecule has 0 aromatic heterocycles. The second-order valence-electron chi connectivity index (χ2n) is 6.71. The topological polar surface area (TPSA) is 35.6 Å². The number of nitrogens with zero attached hydrogens (tertiary/aromatic N) is 2. The zero-order chi connectivity index (χ0) is 14.7. The molecule has 2 aliphatic rings. The monoisotopic (exact) mass is 281 g/mol. The molecule has 20 heavy (non-hydrogen) atoms. The van der Waals surface area contributed by atoms with E-state index in [0.717, 1.165) is 32.4 Å². The van der Waals surface area contributed by atoms with Crippen LogP contribution in [0.3, 0.4) is 0 Å². The van der Waals surface area contributed by atoms with Crippen LogP contribution in [0.1, 0.15) is 53.4 Å². The lowest BCUT2D eigenvalue weighted by Crippen LogP contribution is -2.52. The van der Waals surface area contributed by atoms with Crippen LogP contribution >= 0.6 is 0 Å². The van der Waals surface area contributed by atoms with Gasteiger partial charge in [0.15, 0.2) is 0 Å². The molecule has 2 rings (SSSR count). The molecule has 1 amide bonds. The van der Waals surface area contributed by atoms with Gasteiger partial charge in [-0.1, -0.05) is 27.7 Å². The average Bonchev–Trinajstić information content (AvgIpc) is 2.74. The Morgan fingerprint density at radius 1 is 1.35 bits per heavy atom. The lowest BCUT2D eigenvalue weighted by atomic mass is 10.0. The minimum atomic E-state index is 0.0388. The first-order valence-electron chi connectivity index (χ1n) is 8.37. The molecule has 0 saturated carbocycles. The molecule has 0 aliphatic carbocycles. The van der Waals surface area contributed by atoms with Gasteiger partial charge >= 0.3 is 0 Å². The molecular formula is C16H31N3O.